The molecular formula is C17H18ClN5O. The van der Waals surface area contributed by atoms with E-state index in [-0.39, 0.29) is 0 Å². The summed E-state index contributed by atoms with van der Waals surface area (Å²) in [5, 5.41) is 7.98. The van der Waals surface area contributed by atoms with Crippen LogP contribution in [0.25, 0.3) is 5.69 Å². The van der Waals surface area contributed by atoms with Crippen LogP contribution >= 0.6 is 11.6 Å². The van der Waals surface area contributed by atoms with Gasteiger partial charge in [-0.2, -0.15) is 5.10 Å². The van der Waals surface area contributed by atoms with Crippen LogP contribution in [0.4, 0.5) is 5.82 Å². The van der Waals surface area contributed by atoms with Crippen LogP contribution in [0, 0.1) is 13.8 Å². The van der Waals surface area contributed by atoms with Crippen LogP contribution in [0.1, 0.15) is 11.3 Å². The fourth-order valence-corrected chi connectivity index (χ4v) is 2.35. The van der Waals surface area contributed by atoms with Crippen molar-refractivity contribution in [2.24, 2.45) is 0 Å². The van der Waals surface area contributed by atoms with Crippen LogP contribution in [0.2, 0.25) is 5.02 Å². The Morgan fingerprint density at radius 2 is 1.92 bits per heavy atom. The summed E-state index contributed by atoms with van der Waals surface area (Å²) in [6.45, 7) is 4.91. The summed E-state index contributed by atoms with van der Waals surface area (Å²) in [4.78, 5) is 8.15. The number of ether oxygens (including phenoxy) is 1. The van der Waals surface area contributed by atoms with Gasteiger partial charge in [-0.15, -0.1) is 0 Å². The molecule has 3 rings (SSSR count). The number of anilines is 1. The maximum absolute atomic E-state index is 6.15. The molecule has 0 bridgehead atoms. The summed E-state index contributed by atoms with van der Waals surface area (Å²) in [7, 11) is 0. The van der Waals surface area contributed by atoms with Crippen LogP contribution in [-0.2, 0) is 0 Å². The van der Waals surface area contributed by atoms with E-state index in [9.17, 15) is 0 Å². The number of aryl methyl sites for hydroxylation is 2. The van der Waals surface area contributed by atoms with E-state index >= 15 is 0 Å². The lowest BCUT2D eigenvalue weighted by Crippen LogP contribution is -2.14. The van der Waals surface area contributed by atoms with Crippen LogP contribution in [0.3, 0.4) is 0 Å². The zero-order chi connectivity index (χ0) is 16.9. The molecule has 0 saturated carbocycles. The Labute approximate surface area is 145 Å². The molecule has 0 aliphatic heterocycles. The van der Waals surface area contributed by atoms with Crippen LogP contribution in [0.5, 0.6) is 5.88 Å². The van der Waals surface area contributed by atoms with Crippen LogP contribution < -0.4 is 10.1 Å². The third kappa shape index (κ3) is 3.65. The average molecular weight is 344 g/mol. The fourth-order valence-electron chi connectivity index (χ4n) is 2.19. The molecule has 0 amide bonds. The van der Waals surface area contributed by atoms with Gasteiger partial charge < -0.3 is 10.1 Å². The first kappa shape index (κ1) is 16.3. The monoisotopic (exact) mass is 343 g/mol. The molecule has 0 atom stereocenters. The SMILES string of the molecule is Cc1ccc(-n2nccc2OCCNc2ncnc(C)c2Cl)cc1. The predicted octanol–water partition coefficient (Wildman–Crippen LogP) is 3.42. The van der Waals surface area contributed by atoms with E-state index in [4.69, 9.17) is 16.3 Å². The molecule has 0 spiro atoms. The van der Waals surface area contributed by atoms with Crippen LogP contribution in [0.15, 0.2) is 42.9 Å². The lowest BCUT2D eigenvalue weighted by molar-refractivity contribution is 0.310. The van der Waals surface area contributed by atoms with Gasteiger partial charge in [-0.05, 0) is 26.0 Å². The van der Waals surface area contributed by atoms with Gasteiger partial charge >= 0.3 is 0 Å². The third-order valence-corrected chi connectivity index (χ3v) is 3.95. The molecule has 1 N–H and O–H groups in total. The van der Waals surface area contributed by atoms with Gasteiger partial charge in [0.05, 0.1) is 24.1 Å². The van der Waals surface area contributed by atoms with Crippen molar-refractivity contribution in [2.45, 2.75) is 13.8 Å². The van der Waals surface area contributed by atoms with Gasteiger partial charge in [0, 0.05) is 6.07 Å². The summed E-state index contributed by atoms with van der Waals surface area (Å²) in [5.41, 5.74) is 2.91. The fraction of sp³-hybridized carbons (Fsp3) is 0.235. The topological polar surface area (TPSA) is 64.9 Å². The number of rotatable bonds is 6. The minimum Gasteiger partial charge on any atom is -0.476 e. The van der Waals surface area contributed by atoms with Crippen molar-refractivity contribution in [3.05, 3.63) is 59.1 Å². The van der Waals surface area contributed by atoms with Crippen molar-refractivity contribution in [2.75, 3.05) is 18.5 Å². The summed E-state index contributed by atoms with van der Waals surface area (Å²) < 4.78 is 7.57. The second-order valence-corrected chi connectivity index (χ2v) is 5.69. The third-order valence-electron chi connectivity index (χ3n) is 3.49. The molecule has 3 aromatic rings. The van der Waals surface area contributed by atoms with Gasteiger partial charge in [0.2, 0.25) is 5.88 Å². The number of benzene rings is 1. The largest absolute Gasteiger partial charge is 0.476 e. The molecular weight excluding hydrogens is 326 g/mol. The minimum atomic E-state index is 0.455. The Hall–Kier alpha value is -2.60. The normalized spacial score (nSPS) is 10.6. The van der Waals surface area contributed by atoms with E-state index in [1.165, 1.54) is 11.9 Å². The maximum atomic E-state index is 6.15. The van der Waals surface area contributed by atoms with Crippen molar-refractivity contribution >= 4 is 17.4 Å². The number of aromatic nitrogens is 4. The molecule has 1 aromatic carbocycles. The molecule has 0 unspecified atom stereocenters. The summed E-state index contributed by atoms with van der Waals surface area (Å²) >= 11 is 6.15. The quantitative estimate of drug-likeness (QED) is 0.695. The lowest BCUT2D eigenvalue weighted by atomic mass is 10.2. The van der Waals surface area contributed by atoms with Gasteiger partial charge in [-0.3, -0.25) is 0 Å². The minimum absolute atomic E-state index is 0.455. The molecule has 0 radical (unpaired) electrons. The second kappa shape index (κ2) is 7.31. The number of hydrogen-bond acceptors (Lipinski definition) is 5. The number of nitrogens with zero attached hydrogens (tertiary/aromatic N) is 4. The Kier molecular flexibility index (Phi) is 4.96. The zero-order valence-corrected chi connectivity index (χ0v) is 14.3. The van der Waals surface area contributed by atoms with Gasteiger partial charge in [-0.25, -0.2) is 14.6 Å². The molecule has 7 heteroatoms. The molecule has 0 aliphatic rings. The molecule has 6 nitrogen and oxygen atoms in total. The Morgan fingerprint density at radius 3 is 2.71 bits per heavy atom. The Morgan fingerprint density at radius 1 is 1.12 bits per heavy atom. The van der Waals surface area contributed by atoms with Crippen molar-refractivity contribution in [3.8, 4) is 11.6 Å². The van der Waals surface area contributed by atoms with Gasteiger partial charge in [0.15, 0.2) is 0 Å². The molecule has 24 heavy (non-hydrogen) atoms. The Bertz CT molecular complexity index is 816. The van der Waals surface area contributed by atoms with Gasteiger partial charge in [0.25, 0.3) is 0 Å². The lowest BCUT2D eigenvalue weighted by Gasteiger charge is -2.11. The maximum Gasteiger partial charge on any atom is 0.216 e. The number of hydrogen-bond donors (Lipinski definition) is 1. The highest BCUT2D eigenvalue weighted by molar-refractivity contribution is 6.33. The van der Waals surface area contributed by atoms with E-state index < -0.39 is 0 Å². The highest BCUT2D eigenvalue weighted by atomic mass is 35.5. The molecule has 2 heterocycles. The van der Waals surface area contributed by atoms with E-state index in [0.717, 1.165) is 11.4 Å². The van der Waals surface area contributed by atoms with Crippen molar-refractivity contribution in [3.63, 3.8) is 0 Å². The highest BCUT2D eigenvalue weighted by Gasteiger charge is 2.07. The summed E-state index contributed by atoms with van der Waals surface area (Å²) in [5.74, 6) is 1.30. The van der Waals surface area contributed by atoms with Crippen molar-refractivity contribution in [1.82, 2.24) is 19.7 Å². The molecule has 124 valence electrons. The van der Waals surface area contributed by atoms with E-state index in [1.54, 1.807) is 10.9 Å². The van der Waals surface area contributed by atoms with Gasteiger partial charge in [-0.1, -0.05) is 29.3 Å². The molecule has 2 aromatic heterocycles. The van der Waals surface area contributed by atoms with Crippen molar-refractivity contribution < 1.29 is 4.74 Å². The summed E-state index contributed by atoms with van der Waals surface area (Å²) in [6, 6.07) is 9.94. The first-order valence-corrected chi connectivity index (χ1v) is 7.98. The van der Waals surface area contributed by atoms with Gasteiger partial charge in [0.1, 0.15) is 23.8 Å². The number of nitrogens with one attached hydrogen (secondary N) is 1. The standard InChI is InChI=1S/C17H18ClN5O/c1-12-3-5-14(6-4-12)23-15(7-8-22-23)24-10-9-19-17-16(18)13(2)20-11-21-17/h3-8,11H,9-10H2,1-2H3,(H,19,20,21). The molecule has 0 saturated heterocycles. The van der Waals surface area contributed by atoms with E-state index in [2.05, 4.69) is 27.3 Å². The smallest absolute Gasteiger partial charge is 0.216 e. The first-order chi connectivity index (χ1) is 11.6. The van der Waals surface area contributed by atoms with Crippen LogP contribution in [-0.4, -0.2) is 32.9 Å². The predicted molar refractivity (Wildman–Crippen MR) is 94.1 cm³/mol. The number of halogens is 1. The van der Waals surface area contributed by atoms with Crippen molar-refractivity contribution in [1.29, 1.82) is 0 Å². The zero-order valence-electron chi connectivity index (χ0n) is 13.5. The second-order valence-electron chi connectivity index (χ2n) is 5.31. The highest BCUT2D eigenvalue weighted by Crippen LogP contribution is 2.21. The average Bonchev–Trinajstić information content (AvgIpc) is 3.04. The summed E-state index contributed by atoms with van der Waals surface area (Å²) in [6.07, 6.45) is 3.20. The Balaban J connectivity index is 1.59. The first-order valence-electron chi connectivity index (χ1n) is 7.60. The molecule has 0 fully saturated rings. The molecule has 0 aliphatic carbocycles. The van der Waals surface area contributed by atoms with E-state index in [1.807, 2.05) is 37.3 Å². The van der Waals surface area contributed by atoms with E-state index in [0.29, 0.717) is 29.9 Å².